The van der Waals surface area contributed by atoms with Crippen LogP contribution in [0.5, 0.6) is 0 Å². The molecule has 0 saturated heterocycles. The molecule has 3 aromatic rings. The van der Waals surface area contributed by atoms with E-state index in [-0.39, 0.29) is 5.43 Å². The first-order valence-corrected chi connectivity index (χ1v) is 20.5. The van der Waals surface area contributed by atoms with Gasteiger partial charge in [-0.3, -0.25) is 6.08 Å². The van der Waals surface area contributed by atoms with Gasteiger partial charge in [-0.1, -0.05) is 103 Å². The van der Waals surface area contributed by atoms with Gasteiger partial charge in [-0.2, -0.15) is 43.4 Å². The molecule has 0 heterocycles. The molecule has 0 radical (unpaired) electrons. The van der Waals surface area contributed by atoms with Gasteiger partial charge < -0.3 is 10.6 Å². The summed E-state index contributed by atoms with van der Waals surface area (Å²) < 4.78 is 0. The summed E-state index contributed by atoms with van der Waals surface area (Å²) in [5.41, 5.74) is 8.40. The topological polar surface area (TPSA) is 28.2 Å². The van der Waals surface area contributed by atoms with Crippen molar-refractivity contribution in [1.29, 1.82) is 0 Å². The van der Waals surface area contributed by atoms with E-state index in [0.29, 0.717) is 5.92 Å². The molecule has 4 heteroatoms. The van der Waals surface area contributed by atoms with Gasteiger partial charge in [-0.15, -0.1) is 41.5 Å². The summed E-state index contributed by atoms with van der Waals surface area (Å²) in [6, 6.07) is 21.6. The predicted octanol–water partition coefficient (Wildman–Crippen LogP) is 10.8. The van der Waals surface area contributed by atoms with Crippen molar-refractivity contribution in [3.63, 3.8) is 0 Å². The van der Waals surface area contributed by atoms with Crippen LogP contribution in [0.4, 0.5) is 0 Å². The smallest absolute Gasteiger partial charge is 0.0279 e. The van der Waals surface area contributed by atoms with E-state index < -0.39 is 0 Å². The molecule has 0 N–H and O–H groups in total. The first-order valence-electron chi connectivity index (χ1n) is 14.3. The van der Waals surface area contributed by atoms with Crippen LogP contribution in [0, 0.1) is 18.9 Å². The van der Waals surface area contributed by atoms with Crippen molar-refractivity contribution >= 4 is 16.2 Å². The van der Waals surface area contributed by atoms with Crippen LogP contribution in [0.25, 0.3) is 32.5 Å². The van der Waals surface area contributed by atoms with Gasteiger partial charge in [0.25, 0.3) is 0 Å². The summed E-state index contributed by atoms with van der Waals surface area (Å²) in [5.74, 6) is 0.560. The molecule has 2 nitrogen and oxygen atoms in total. The first-order chi connectivity index (χ1) is 18.5. The van der Waals surface area contributed by atoms with Crippen LogP contribution in [-0.2, 0) is 23.3 Å². The summed E-state index contributed by atoms with van der Waals surface area (Å²) >= 11 is 1.74. The average Bonchev–Trinajstić information content (AvgIpc) is 3.39. The number of hydrogen-bond acceptors (Lipinski definition) is 0. The van der Waals surface area contributed by atoms with E-state index in [1.807, 2.05) is 27.7 Å². The van der Waals surface area contributed by atoms with Crippen molar-refractivity contribution in [2.45, 2.75) is 75.4 Å². The Balaban J connectivity index is 0.000000533. The number of aryl methyl sites for hydroxylation is 1. The first kappa shape index (κ1) is 37.6. The largest absolute Gasteiger partial charge is 0.165 e. The van der Waals surface area contributed by atoms with Crippen molar-refractivity contribution in [2.24, 2.45) is 5.92 Å². The van der Waals surface area contributed by atoms with Crippen LogP contribution in [0.2, 0.25) is 13.1 Å². The molecule has 39 heavy (non-hydrogen) atoms. The molecule has 0 saturated carbocycles. The van der Waals surface area contributed by atoms with Crippen LogP contribution in [-0.4, -0.2) is 31.6 Å². The fraction of sp³-hybridized carbons (Fsp3) is 0.457. The minimum atomic E-state index is 0.210. The molecule has 0 bridgehead atoms. The van der Waals surface area contributed by atoms with Crippen LogP contribution in [0.3, 0.4) is 0 Å². The van der Waals surface area contributed by atoms with E-state index in [2.05, 4.69) is 125 Å². The van der Waals surface area contributed by atoms with Crippen LogP contribution >= 0.6 is 0 Å². The monoisotopic (exact) mass is 618 g/mol. The molecule has 0 spiro atoms. The van der Waals surface area contributed by atoms with Gasteiger partial charge >= 0.3 is 41.9 Å². The third-order valence-corrected chi connectivity index (χ3v) is 6.11. The van der Waals surface area contributed by atoms with Crippen molar-refractivity contribution in [3.8, 4) is 11.1 Å². The van der Waals surface area contributed by atoms with Gasteiger partial charge in [0.1, 0.15) is 0 Å². The van der Waals surface area contributed by atoms with E-state index in [1.54, 1.807) is 23.3 Å². The fourth-order valence-corrected chi connectivity index (χ4v) is 3.86. The number of allylic oxidation sites excluding steroid dienone is 4. The summed E-state index contributed by atoms with van der Waals surface area (Å²) in [7, 11) is 0. The zero-order valence-corrected chi connectivity index (χ0v) is 30.0. The van der Waals surface area contributed by atoms with E-state index >= 15 is 0 Å². The Bertz CT molecular complexity index is 1130. The molecule has 1 atom stereocenters. The molecule has 1 aliphatic carbocycles. The van der Waals surface area contributed by atoms with Crippen molar-refractivity contribution in [3.05, 3.63) is 99.7 Å². The third kappa shape index (κ3) is 15.8. The summed E-state index contributed by atoms with van der Waals surface area (Å²) in [5, 5.41) is 10.6. The third-order valence-electron chi connectivity index (χ3n) is 6.11. The van der Waals surface area contributed by atoms with Crippen molar-refractivity contribution in [2.75, 3.05) is 26.2 Å². The number of benzene rings is 2. The molecule has 0 aliphatic heterocycles. The van der Waals surface area contributed by atoms with E-state index in [4.69, 9.17) is 0 Å². The van der Waals surface area contributed by atoms with Gasteiger partial charge in [0, 0.05) is 0 Å². The van der Waals surface area contributed by atoms with Crippen LogP contribution in [0.1, 0.15) is 61.0 Å². The van der Waals surface area contributed by atoms with Crippen LogP contribution in [0.15, 0.2) is 77.4 Å². The molecule has 1 unspecified atom stereocenters. The molecule has 1 aliphatic rings. The summed E-state index contributed by atoms with van der Waals surface area (Å²) in [6.07, 6.45) is 3.36. The number of nitrogens with zero attached hydrogens (tertiary/aromatic N) is 2. The minimum absolute atomic E-state index is 0.210. The van der Waals surface area contributed by atoms with Gasteiger partial charge in [0.15, 0.2) is 0 Å². The molecule has 212 valence electrons. The zero-order valence-electron chi connectivity index (χ0n) is 26.6. The van der Waals surface area contributed by atoms with Gasteiger partial charge in [0.2, 0.25) is 0 Å². The Labute approximate surface area is 256 Å². The molecule has 3 aromatic carbocycles. The zero-order chi connectivity index (χ0) is 29.8. The maximum atomic E-state index is 3.97. The molecule has 0 amide bonds. The summed E-state index contributed by atoms with van der Waals surface area (Å²) in [6.45, 7) is 27.5. The Morgan fingerprint density at radius 3 is 1.69 bits per heavy atom. The van der Waals surface area contributed by atoms with Gasteiger partial charge in [0.05, 0.1) is 0 Å². The molecular formula is C35H52N2SiZr-2. The van der Waals surface area contributed by atoms with E-state index in [1.165, 1.54) is 44.2 Å². The molecule has 4 rings (SSSR count). The molecular weight excluding hydrogens is 568 g/mol. The Morgan fingerprint density at radius 2 is 1.33 bits per heavy atom. The minimum Gasteiger partial charge on any atom is -0.165 e. The van der Waals surface area contributed by atoms with E-state index in [9.17, 15) is 0 Å². The second-order valence-corrected chi connectivity index (χ2v) is 19.1. The van der Waals surface area contributed by atoms with Crippen molar-refractivity contribution in [1.82, 2.24) is 0 Å². The predicted molar refractivity (Wildman–Crippen MR) is 176 cm³/mol. The van der Waals surface area contributed by atoms with Gasteiger partial charge in [-0.05, 0) is 5.56 Å². The molecule has 0 fully saturated rings. The van der Waals surface area contributed by atoms with Gasteiger partial charge in [-0.25, -0.2) is 5.57 Å². The second-order valence-electron chi connectivity index (χ2n) is 9.72. The normalized spacial score (nSPS) is 13.6. The molecule has 0 aromatic heterocycles. The SMILES string of the molecule is CC1=[C-]C(C)C(C)=C1C.CC[N-]CC.CC[N-]CC.C[Si](C)=[Zr+2].Cc1cc2c(-c3ccccc3)cccc2[cH-]1. The van der Waals surface area contributed by atoms with E-state index in [0.717, 1.165) is 26.2 Å². The Kier molecular flexibility index (Phi) is 21.4. The van der Waals surface area contributed by atoms with Crippen molar-refractivity contribution < 1.29 is 23.3 Å². The maximum absolute atomic E-state index is 3.97. The number of hydrogen-bond donors (Lipinski definition) is 0. The second kappa shape index (κ2) is 22.3. The standard InChI is InChI=1S/C16H13.C9H13.2C4H10N.C2H6Si.Zr/c1-12-10-14-8-5-9-15(16(14)11-12)13-6-3-2-4-7-13;1-6-5-7(2)9(4)8(6)3;2*1-3-5-4-2;1-3-2;/h2-11H,1H3;6H,1-4H3;2*3-4H2,1-2H3;1-2H3;/q4*-1;;+2. The number of fused-ring (bicyclic) bond motifs is 1. The summed E-state index contributed by atoms with van der Waals surface area (Å²) in [4.78, 5) is 0. The average molecular weight is 620 g/mol. The quantitative estimate of drug-likeness (QED) is 0.201. The Morgan fingerprint density at radius 1 is 0.821 bits per heavy atom. The fourth-order valence-electron chi connectivity index (χ4n) is 3.86. The number of rotatable bonds is 5. The maximum Gasteiger partial charge on any atom is -0.0279 e. The van der Waals surface area contributed by atoms with Crippen LogP contribution < -0.4 is 0 Å². The Hall–Kier alpha value is -1.45.